The fraction of sp³-hybridized carbons (Fsp3) is 0.636. The van der Waals surface area contributed by atoms with Gasteiger partial charge in [-0.15, -0.1) is 0 Å². The monoisotopic (exact) mass is 450 g/mol. The molecule has 1 aliphatic heterocycles. The van der Waals surface area contributed by atoms with E-state index in [0.717, 1.165) is 62.7 Å². The number of nitrogens with zero attached hydrogens (tertiary/aromatic N) is 1. The van der Waals surface area contributed by atoms with Crippen LogP contribution in [-0.2, 0) is 19.6 Å². The molecule has 4 N–H and O–H groups in total. The normalized spacial score (nSPS) is 19.2. The van der Waals surface area contributed by atoms with Crippen molar-refractivity contribution in [3.63, 3.8) is 0 Å². The van der Waals surface area contributed by atoms with Crippen LogP contribution in [0.3, 0.4) is 0 Å². The van der Waals surface area contributed by atoms with Crippen LogP contribution in [0, 0.1) is 19.8 Å². The van der Waals surface area contributed by atoms with Crippen molar-refractivity contribution in [2.45, 2.75) is 69.7 Å². The van der Waals surface area contributed by atoms with E-state index in [0.29, 0.717) is 5.69 Å². The molecule has 0 radical (unpaired) electrons. The van der Waals surface area contributed by atoms with E-state index in [4.69, 9.17) is 5.14 Å². The minimum atomic E-state index is -3.85. The first-order valence-electron chi connectivity index (χ1n) is 11.1. The van der Waals surface area contributed by atoms with E-state index in [9.17, 15) is 18.0 Å². The molecule has 1 heterocycles. The van der Waals surface area contributed by atoms with Gasteiger partial charge in [0, 0.05) is 30.7 Å². The van der Waals surface area contributed by atoms with Crippen LogP contribution >= 0.6 is 0 Å². The number of rotatable bonds is 6. The summed E-state index contributed by atoms with van der Waals surface area (Å²) in [4.78, 5) is 27.1. The third-order valence-corrected chi connectivity index (χ3v) is 7.41. The number of likely N-dealkylation sites (tertiary alicyclic amines) is 1. The lowest BCUT2D eigenvalue weighted by Crippen LogP contribution is -2.48. The number of primary sulfonamides is 1. The van der Waals surface area contributed by atoms with Gasteiger partial charge in [0.25, 0.3) is 0 Å². The number of nitrogens with one attached hydrogen (secondary N) is 2. The van der Waals surface area contributed by atoms with Gasteiger partial charge in [0.2, 0.25) is 21.8 Å². The summed E-state index contributed by atoms with van der Waals surface area (Å²) in [5, 5.41) is 11.3. The summed E-state index contributed by atoms with van der Waals surface area (Å²) >= 11 is 0. The van der Waals surface area contributed by atoms with Gasteiger partial charge in [-0.2, -0.15) is 0 Å². The Hall–Kier alpha value is -1.97. The molecule has 0 atom stereocenters. The molecule has 172 valence electrons. The van der Waals surface area contributed by atoms with Gasteiger partial charge in [-0.1, -0.05) is 19.3 Å². The van der Waals surface area contributed by atoms with Crippen molar-refractivity contribution in [2.24, 2.45) is 11.1 Å². The average molecular weight is 451 g/mol. The largest absolute Gasteiger partial charge is 0.353 e. The molecule has 0 unspecified atom stereocenters. The number of aryl methyl sites for hydroxylation is 1. The van der Waals surface area contributed by atoms with Gasteiger partial charge in [-0.3, -0.25) is 14.5 Å². The van der Waals surface area contributed by atoms with E-state index in [1.807, 2.05) is 6.92 Å². The van der Waals surface area contributed by atoms with Gasteiger partial charge in [0.1, 0.15) is 0 Å². The van der Waals surface area contributed by atoms with Gasteiger partial charge >= 0.3 is 0 Å². The molecule has 2 fully saturated rings. The molecule has 1 aromatic carbocycles. The number of amides is 2. The molecule has 0 bridgehead atoms. The molecule has 1 saturated heterocycles. The van der Waals surface area contributed by atoms with Crippen LogP contribution in [-0.4, -0.2) is 50.8 Å². The van der Waals surface area contributed by atoms with Crippen LogP contribution < -0.4 is 15.8 Å². The maximum Gasteiger partial charge on any atom is 0.238 e. The Morgan fingerprint density at radius 2 is 1.71 bits per heavy atom. The second-order valence-electron chi connectivity index (χ2n) is 8.90. The predicted octanol–water partition coefficient (Wildman–Crippen LogP) is 2.05. The van der Waals surface area contributed by atoms with Crippen molar-refractivity contribution in [2.75, 3.05) is 25.0 Å². The number of sulfonamides is 1. The van der Waals surface area contributed by atoms with E-state index in [1.165, 1.54) is 18.6 Å². The van der Waals surface area contributed by atoms with Crippen molar-refractivity contribution in [3.8, 4) is 0 Å². The fourth-order valence-corrected chi connectivity index (χ4v) is 5.06. The van der Waals surface area contributed by atoms with Crippen LogP contribution in [0.5, 0.6) is 0 Å². The Balaban J connectivity index is 1.49. The van der Waals surface area contributed by atoms with Crippen LogP contribution in [0.15, 0.2) is 17.0 Å². The summed E-state index contributed by atoms with van der Waals surface area (Å²) in [5.74, 6) is 0.160. The molecule has 3 rings (SSSR count). The predicted molar refractivity (Wildman–Crippen MR) is 120 cm³/mol. The first-order chi connectivity index (χ1) is 14.6. The van der Waals surface area contributed by atoms with Gasteiger partial charge in [-0.25, -0.2) is 13.6 Å². The number of nitrogens with two attached hydrogens (primary N) is 1. The number of carbonyl (C=O) groups excluding carboxylic acids is 2. The molecular weight excluding hydrogens is 416 g/mol. The van der Waals surface area contributed by atoms with E-state index in [2.05, 4.69) is 15.5 Å². The zero-order valence-electron chi connectivity index (χ0n) is 18.4. The zero-order valence-corrected chi connectivity index (χ0v) is 19.3. The lowest BCUT2D eigenvalue weighted by Gasteiger charge is -2.33. The Labute approximate surface area is 185 Å². The summed E-state index contributed by atoms with van der Waals surface area (Å²) in [7, 11) is -3.85. The van der Waals surface area contributed by atoms with Crippen LogP contribution in [0.25, 0.3) is 0 Å². The standard InChI is InChI=1S/C22H34N4O4S/c1-15-12-19(31(23,29)30)13-20(16(15)2)25-21(27)14-26-10-8-18(9-11-26)24-22(28)17-6-4-3-5-7-17/h12-13,17-18H,3-11,14H2,1-2H3,(H,24,28)(H,25,27)(H2,23,29,30). The van der Waals surface area contributed by atoms with Crippen molar-refractivity contribution < 1.29 is 18.0 Å². The molecule has 0 spiro atoms. The van der Waals surface area contributed by atoms with Gasteiger partial charge in [-0.05, 0) is 62.8 Å². The first-order valence-corrected chi connectivity index (χ1v) is 12.6. The van der Waals surface area contributed by atoms with Crippen molar-refractivity contribution in [3.05, 3.63) is 23.3 Å². The highest BCUT2D eigenvalue weighted by Crippen LogP contribution is 2.25. The van der Waals surface area contributed by atoms with E-state index < -0.39 is 10.0 Å². The van der Waals surface area contributed by atoms with Crippen molar-refractivity contribution >= 4 is 27.5 Å². The summed E-state index contributed by atoms with van der Waals surface area (Å²) in [6.45, 7) is 5.31. The zero-order chi connectivity index (χ0) is 22.6. The van der Waals surface area contributed by atoms with Gasteiger partial charge in [0.15, 0.2) is 0 Å². The molecule has 2 amide bonds. The molecule has 2 aliphatic rings. The van der Waals surface area contributed by atoms with Crippen LogP contribution in [0.4, 0.5) is 5.69 Å². The van der Waals surface area contributed by atoms with Crippen molar-refractivity contribution in [1.29, 1.82) is 0 Å². The number of hydrogen-bond acceptors (Lipinski definition) is 5. The summed E-state index contributed by atoms with van der Waals surface area (Å²) in [6, 6.07) is 3.08. The number of piperidine rings is 1. The summed E-state index contributed by atoms with van der Waals surface area (Å²) in [5.41, 5.74) is 2.02. The van der Waals surface area contributed by atoms with Crippen LogP contribution in [0.1, 0.15) is 56.1 Å². The maximum atomic E-state index is 12.6. The lowest BCUT2D eigenvalue weighted by molar-refractivity contribution is -0.127. The maximum absolute atomic E-state index is 12.6. The van der Waals surface area contributed by atoms with Gasteiger partial charge in [0.05, 0.1) is 11.4 Å². The molecule has 1 aromatic rings. The Morgan fingerprint density at radius 1 is 1.06 bits per heavy atom. The molecule has 9 heteroatoms. The minimum absolute atomic E-state index is 0.0135. The number of hydrogen-bond donors (Lipinski definition) is 3. The Bertz CT molecular complexity index is 918. The summed E-state index contributed by atoms with van der Waals surface area (Å²) < 4.78 is 23.4. The SMILES string of the molecule is Cc1cc(S(N)(=O)=O)cc(NC(=O)CN2CCC(NC(=O)C3CCCCC3)CC2)c1C. The van der Waals surface area contributed by atoms with Crippen molar-refractivity contribution in [1.82, 2.24) is 10.2 Å². The molecule has 31 heavy (non-hydrogen) atoms. The second kappa shape index (κ2) is 10.1. The van der Waals surface area contributed by atoms with E-state index >= 15 is 0 Å². The quantitative estimate of drug-likeness (QED) is 0.612. The highest BCUT2D eigenvalue weighted by molar-refractivity contribution is 7.89. The highest BCUT2D eigenvalue weighted by Gasteiger charge is 2.26. The smallest absolute Gasteiger partial charge is 0.238 e. The first kappa shape index (κ1) is 23.7. The molecule has 1 aliphatic carbocycles. The number of benzene rings is 1. The topological polar surface area (TPSA) is 122 Å². The molecule has 1 saturated carbocycles. The van der Waals surface area contributed by atoms with Gasteiger partial charge < -0.3 is 10.6 Å². The highest BCUT2D eigenvalue weighted by atomic mass is 32.2. The minimum Gasteiger partial charge on any atom is -0.353 e. The van der Waals surface area contributed by atoms with Crippen LogP contribution in [0.2, 0.25) is 0 Å². The third kappa shape index (κ3) is 6.51. The molecule has 0 aromatic heterocycles. The molecule has 8 nitrogen and oxygen atoms in total. The second-order valence-corrected chi connectivity index (χ2v) is 10.5. The third-order valence-electron chi connectivity index (χ3n) is 6.52. The number of carbonyl (C=O) groups is 2. The average Bonchev–Trinajstić information content (AvgIpc) is 2.72. The summed E-state index contributed by atoms with van der Waals surface area (Å²) in [6.07, 6.45) is 7.16. The Morgan fingerprint density at radius 3 is 2.32 bits per heavy atom. The lowest BCUT2D eigenvalue weighted by atomic mass is 9.88. The van der Waals surface area contributed by atoms with E-state index in [1.54, 1.807) is 6.92 Å². The number of anilines is 1. The fourth-order valence-electron chi connectivity index (χ4n) is 4.43. The molecular formula is C22H34N4O4S. The van der Waals surface area contributed by atoms with E-state index in [-0.39, 0.29) is 35.2 Å². The Kier molecular flexibility index (Phi) is 7.72.